The van der Waals surface area contributed by atoms with Crippen LogP contribution in [0.25, 0.3) is 0 Å². The van der Waals surface area contributed by atoms with Crippen molar-refractivity contribution in [1.29, 1.82) is 0 Å². The molecule has 1 aromatic carbocycles. The molecule has 1 aromatic rings. The molecule has 0 bridgehead atoms. The first-order valence-electron chi connectivity index (χ1n) is 3.63. The van der Waals surface area contributed by atoms with E-state index in [4.69, 9.17) is 5.11 Å². The largest absolute Gasteiger partial charge is 0.508 e. The van der Waals surface area contributed by atoms with E-state index < -0.39 is 0 Å². The van der Waals surface area contributed by atoms with Gasteiger partial charge in [-0.25, -0.2) is 0 Å². The average molecular weight is 256 g/mol. The summed E-state index contributed by atoms with van der Waals surface area (Å²) in [5.74, 6) is 0.322. The van der Waals surface area contributed by atoms with Crippen LogP contribution in [-0.2, 0) is 32.7 Å². The summed E-state index contributed by atoms with van der Waals surface area (Å²) in [4.78, 5) is 0. The van der Waals surface area contributed by atoms with Gasteiger partial charge in [-0.15, -0.1) is 0 Å². The van der Waals surface area contributed by atoms with E-state index in [2.05, 4.69) is 19.6 Å². The van der Waals surface area contributed by atoms with E-state index in [0.717, 1.165) is 0 Å². The first-order valence-corrected chi connectivity index (χ1v) is 6.63. The number of phenols is 1. The van der Waals surface area contributed by atoms with Gasteiger partial charge in [-0.1, -0.05) is 37.8 Å². The zero-order valence-electron chi connectivity index (χ0n) is 7.91. The van der Waals surface area contributed by atoms with Gasteiger partial charge in [0.25, 0.3) is 0 Å². The average Bonchev–Trinajstić information content (AvgIpc) is 1.87. The van der Waals surface area contributed by atoms with Crippen molar-refractivity contribution in [3.8, 4) is 5.75 Å². The molecule has 0 unspecified atom stereocenters. The van der Waals surface area contributed by atoms with Gasteiger partial charge in [-0.2, -0.15) is 0 Å². The number of para-hydroxylation sites is 1. The number of hydrogen-bond acceptors (Lipinski definition) is 1. The van der Waals surface area contributed by atoms with E-state index in [1.165, 1.54) is 0 Å². The van der Waals surface area contributed by atoms with E-state index in [0.29, 0.717) is 5.75 Å². The fourth-order valence-corrected chi connectivity index (χ4v) is 0.428. The first-order chi connectivity index (χ1) is 5.13. The van der Waals surface area contributed by atoms with Crippen molar-refractivity contribution < 1.29 is 37.8 Å². The minimum atomic E-state index is 0. The van der Waals surface area contributed by atoms with Crippen molar-refractivity contribution in [3.63, 3.8) is 0 Å². The smallest absolute Gasteiger partial charge is 0.115 e. The van der Waals surface area contributed by atoms with Gasteiger partial charge in [0, 0.05) is 41.5 Å². The molecule has 1 rings (SSSR count). The van der Waals surface area contributed by atoms with Crippen molar-refractivity contribution in [2.24, 2.45) is 0 Å². The molecule has 1 nitrogen and oxygen atoms in total. The zero-order chi connectivity index (χ0) is 8.69. The zero-order valence-corrected chi connectivity index (χ0v) is 11.7. The molecule has 1 N–H and O–H groups in total. The molecule has 12 heavy (non-hydrogen) atoms. The Hall–Kier alpha value is 0.341. The maximum atomic E-state index is 8.63. The number of phenolic OH excluding ortho intramolecular Hbond substituents is 1. The Kier molecular flexibility index (Phi) is 11.7. The fourth-order valence-electron chi connectivity index (χ4n) is 0.428. The summed E-state index contributed by atoms with van der Waals surface area (Å²) in [6.07, 6.45) is 0. The van der Waals surface area contributed by atoms with Crippen LogP contribution in [0.4, 0.5) is 0 Å². The molecule has 0 aliphatic carbocycles. The van der Waals surface area contributed by atoms with Crippen molar-refractivity contribution >= 4 is 8.80 Å². The molecule has 0 spiro atoms. The third kappa shape index (κ3) is 13.0. The van der Waals surface area contributed by atoms with Crippen LogP contribution in [-0.4, -0.2) is 13.9 Å². The van der Waals surface area contributed by atoms with Crippen LogP contribution < -0.4 is 0 Å². The Balaban J connectivity index is 0. The molecular formula is C9H15OSiY. The minimum absolute atomic E-state index is 0. The number of benzene rings is 1. The molecule has 0 saturated carbocycles. The topological polar surface area (TPSA) is 20.2 Å². The van der Waals surface area contributed by atoms with Gasteiger partial charge in [0.2, 0.25) is 0 Å². The third-order valence-electron chi connectivity index (χ3n) is 0.756. The second kappa shape index (κ2) is 9.43. The van der Waals surface area contributed by atoms with E-state index in [9.17, 15) is 0 Å². The summed E-state index contributed by atoms with van der Waals surface area (Å²) in [6.45, 7) is 6.81. The van der Waals surface area contributed by atoms with Gasteiger partial charge in [-0.05, 0) is 12.1 Å². The monoisotopic (exact) mass is 256 g/mol. The van der Waals surface area contributed by atoms with Crippen LogP contribution >= 0.6 is 0 Å². The van der Waals surface area contributed by atoms with Gasteiger partial charge in [0.15, 0.2) is 0 Å². The molecule has 0 aromatic heterocycles. The molecular weight excluding hydrogens is 241 g/mol. The van der Waals surface area contributed by atoms with E-state index in [1.807, 2.05) is 6.07 Å². The van der Waals surface area contributed by atoms with Crippen molar-refractivity contribution in [2.45, 2.75) is 19.6 Å². The molecule has 64 valence electrons. The SMILES string of the molecule is C[Si](C)C.Oc1ccccc1.[Y]. The maximum Gasteiger partial charge on any atom is 0.115 e. The summed E-state index contributed by atoms with van der Waals surface area (Å²) >= 11 is 0. The predicted octanol–water partition coefficient (Wildman–Crippen LogP) is 2.76. The Morgan fingerprint density at radius 1 is 1.00 bits per heavy atom. The van der Waals surface area contributed by atoms with Gasteiger partial charge in [-0.3, -0.25) is 0 Å². The standard InChI is InChI=1S/C6H6O.C3H9Si.Y/c7-6-4-2-1-3-5-6;1-4(2)3;/h1-5,7H;1-3H3;. The van der Waals surface area contributed by atoms with E-state index in [-0.39, 0.29) is 41.5 Å². The molecule has 0 amide bonds. The van der Waals surface area contributed by atoms with E-state index in [1.54, 1.807) is 24.3 Å². The van der Waals surface area contributed by atoms with Gasteiger partial charge in [0.05, 0.1) is 0 Å². The van der Waals surface area contributed by atoms with Crippen LogP contribution in [0.3, 0.4) is 0 Å². The van der Waals surface area contributed by atoms with Gasteiger partial charge in [0.1, 0.15) is 5.75 Å². The van der Waals surface area contributed by atoms with Gasteiger partial charge < -0.3 is 5.11 Å². The summed E-state index contributed by atoms with van der Waals surface area (Å²) in [6, 6.07) is 8.71. The number of rotatable bonds is 0. The number of aromatic hydroxyl groups is 1. The Bertz CT molecular complexity index is 174. The third-order valence-corrected chi connectivity index (χ3v) is 0.756. The summed E-state index contributed by atoms with van der Waals surface area (Å²) < 4.78 is 0. The number of hydrogen-bond donors (Lipinski definition) is 1. The quantitative estimate of drug-likeness (QED) is 0.708. The second-order valence-electron chi connectivity index (χ2n) is 2.84. The van der Waals surface area contributed by atoms with Crippen LogP contribution in [0.5, 0.6) is 5.75 Å². The molecule has 0 aliphatic rings. The van der Waals surface area contributed by atoms with Crippen LogP contribution in [0, 0.1) is 0 Å². The summed E-state index contributed by atoms with van der Waals surface area (Å²) in [5.41, 5.74) is 0. The normalized spacial score (nSPS) is 8.00. The van der Waals surface area contributed by atoms with Gasteiger partial charge >= 0.3 is 0 Å². The van der Waals surface area contributed by atoms with Crippen LogP contribution in [0.1, 0.15) is 0 Å². The molecule has 0 saturated heterocycles. The van der Waals surface area contributed by atoms with Crippen molar-refractivity contribution in [2.75, 3.05) is 0 Å². The predicted molar refractivity (Wildman–Crippen MR) is 51.5 cm³/mol. The molecule has 3 heteroatoms. The second-order valence-corrected chi connectivity index (χ2v) is 5.84. The summed E-state index contributed by atoms with van der Waals surface area (Å²) in [7, 11) is 0.120. The molecule has 0 atom stereocenters. The fraction of sp³-hybridized carbons (Fsp3) is 0.333. The van der Waals surface area contributed by atoms with Crippen molar-refractivity contribution in [3.05, 3.63) is 30.3 Å². The van der Waals surface area contributed by atoms with E-state index >= 15 is 0 Å². The first kappa shape index (κ1) is 14.8. The maximum absolute atomic E-state index is 8.63. The molecule has 2 radical (unpaired) electrons. The Morgan fingerprint density at radius 2 is 1.33 bits per heavy atom. The summed E-state index contributed by atoms with van der Waals surface area (Å²) in [5, 5.41) is 8.63. The minimum Gasteiger partial charge on any atom is -0.508 e. The molecule has 0 heterocycles. The Labute approximate surface area is 102 Å². The van der Waals surface area contributed by atoms with Crippen molar-refractivity contribution in [1.82, 2.24) is 0 Å². The molecule has 0 aliphatic heterocycles. The van der Waals surface area contributed by atoms with Crippen LogP contribution in [0.15, 0.2) is 30.3 Å². The molecule has 0 fully saturated rings. The Morgan fingerprint density at radius 3 is 1.50 bits per heavy atom. The van der Waals surface area contributed by atoms with Crippen LogP contribution in [0.2, 0.25) is 19.6 Å².